The van der Waals surface area contributed by atoms with Crippen LogP contribution >= 0.6 is 11.6 Å². The van der Waals surface area contributed by atoms with Crippen LogP contribution in [-0.4, -0.2) is 40.2 Å². The van der Waals surface area contributed by atoms with E-state index in [0.717, 1.165) is 17.0 Å². The topological polar surface area (TPSA) is 109 Å². The van der Waals surface area contributed by atoms with Gasteiger partial charge in [0, 0.05) is 17.8 Å². The molecule has 2 atom stereocenters. The molecule has 0 saturated heterocycles. The van der Waals surface area contributed by atoms with Crippen LogP contribution in [0, 0.1) is 11.3 Å². The summed E-state index contributed by atoms with van der Waals surface area (Å²) in [5.74, 6) is -0.259. The second-order valence-corrected chi connectivity index (χ2v) is 15.5. The van der Waals surface area contributed by atoms with Crippen LogP contribution in [0.1, 0.15) is 62.5 Å². The van der Waals surface area contributed by atoms with Gasteiger partial charge in [0.05, 0.1) is 34.6 Å². The monoisotopic (exact) mass is 512 g/mol. The third kappa shape index (κ3) is 6.39. The minimum Gasteiger partial charge on any atom is -0.409 e. The average Bonchev–Trinajstić information content (AvgIpc) is 3.42. The van der Waals surface area contributed by atoms with Crippen molar-refractivity contribution in [1.29, 1.82) is 5.26 Å². The van der Waals surface area contributed by atoms with Gasteiger partial charge in [-0.05, 0) is 56.2 Å². The largest absolute Gasteiger partial charge is 0.409 e. The first-order chi connectivity index (χ1) is 16.3. The molecule has 0 saturated carbocycles. The molecule has 1 amide bonds. The third-order valence-electron chi connectivity index (χ3n) is 6.41. The Balaban J connectivity index is 1.59. The predicted molar refractivity (Wildman–Crippen MR) is 140 cm³/mol. The van der Waals surface area contributed by atoms with E-state index in [0.29, 0.717) is 22.8 Å². The molecule has 0 aliphatic rings. The van der Waals surface area contributed by atoms with E-state index < -0.39 is 8.32 Å². The van der Waals surface area contributed by atoms with Gasteiger partial charge in [-0.3, -0.25) is 14.6 Å². The first kappa shape index (κ1) is 26.7. The highest BCUT2D eigenvalue weighted by Crippen LogP contribution is 2.39. The lowest BCUT2D eigenvalue weighted by Crippen LogP contribution is -2.41. The molecule has 0 radical (unpaired) electrons. The highest BCUT2D eigenvalue weighted by Gasteiger charge is 2.39. The molecule has 0 unspecified atom stereocenters. The van der Waals surface area contributed by atoms with E-state index in [1.54, 1.807) is 22.9 Å². The van der Waals surface area contributed by atoms with E-state index in [-0.39, 0.29) is 23.1 Å². The van der Waals surface area contributed by atoms with Crippen molar-refractivity contribution in [2.24, 2.45) is 0 Å². The van der Waals surface area contributed by atoms with Crippen molar-refractivity contribution in [1.82, 2.24) is 25.3 Å². The summed E-state index contributed by atoms with van der Waals surface area (Å²) in [6.45, 7) is 15.4. The van der Waals surface area contributed by atoms with Gasteiger partial charge in [-0.1, -0.05) is 38.4 Å². The number of carbonyl (C=O) groups is 1. The van der Waals surface area contributed by atoms with Crippen molar-refractivity contribution in [2.45, 2.75) is 71.4 Å². The lowest BCUT2D eigenvalue weighted by atomic mass is 10.1. The van der Waals surface area contributed by atoms with Gasteiger partial charge in [0.15, 0.2) is 8.32 Å². The molecule has 8 nitrogen and oxygen atoms in total. The van der Waals surface area contributed by atoms with E-state index in [1.807, 2.05) is 38.2 Å². The Morgan fingerprint density at radius 2 is 2.00 bits per heavy atom. The van der Waals surface area contributed by atoms with Gasteiger partial charge in [-0.2, -0.15) is 15.5 Å². The summed E-state index contributed by atoms with van der Waals surface area (Å²) < 4.78 is 8.16. The second kappa shape index (κ2) is 10.4. The van der Waals surface area contributed by atoms with Crippen molar-refractivity contribution >= 4 is 25.8 Å². The van der Waals surface area contributed by atoms with E-state index in [4.69, 9.17) is 21.3 Å². The summed E-state index contributed by atoms with van der Waals surface area (Å²) in [6.07, 6.45) is 1.66. The maximum Gasteiger partial charge on any atom is 0.272 e. The summed E-state index contributed by atoms with van der Waals surface area (Å²) in [5.41, 5.74) is 3.09. The Labute approximate surface area is 212 Å². The van der Waals surface area contributed by atoms with Crippen LogP contribution in [-0.2, 0) is 11.0 Å². The van der Waals surface area contributed by atoms with Crippen LogP contribution in [0.2, 0.25) is 23.2 Å². The van der Waals surface area contributed by atoms with E-state index >= 15 is 0 Å². The van der Waals surface area contributed by atoms with E-state index in [1.165, 1.54) is 0 Å². The van der Waals surface area contributed by atoms with Gasteiger partial charge in [0.1, 0.15) is 11.8 Å². The van der Waals surface area contributed by atoms with Crippen molar-refractivity contribution in [3.8, 4) is 17.3 Å². The standard InChI is InChI=1S/C25H33ClN6O2Si/c1-16(15-32-11-10-21(31-32)18-8-9-19(14-27)20(26)12-18)28-24(33)23-13-22(29-30-23)17(2)34-35(6,7)25(3,4)5/h8-13,16-17H,15H2,1-7H3,(H,28,33)(H,29,30)/t16-,17+/m0/s1. The molecular formula is C25H33ClN6O2Si. The molecule has 10 heteroatoms. The molecule has 2 aromatic heterocycles. The fraction of sp³-hybridized carbons (Fsp3) is 0.440. The zero-order valence-electron chi connectivity index (χ0n) is 21.3. The van der Waals surface area contributed by atoms with Crippen LogP contribution in [0.25, 0.3) is 11.3 Å². The third-order valence-corrected chi connectivity index (χ3v) is 11.3. The minimum absolute atomic E-state index is 0.0929. The normalized spacial score (nSPS) is 13.8. The summed E-state index contributed by atoms with van der Waals surface area (Å²) in [6, 6.07) is 10.7. The Hall–Kier alpha value is -2.93. The fourth-order valence-electron chi connectivity index (χ4n) is 3.35. The number of benzene rings is 1. The summed E-state index contributed by atoms with van der Waals surface area (Å²) in [7, 11) is -1.95. The molecule has 2 heterocycles. The van der Waals surface area contributed by atoms with Crippen molar-refractivity contribution in [3.05, 3.63) is 58.5 Å². The average molecular weight is 513 g/mol. The summed E-state index contributed by atoms with van der Waals surface area (Å²) >= 11 is 6.14. The van der Waals surface area contributed by atoms with Crippen LogP contribution in [0.5, 0.6) is 0 Å². The predicted octanol–water partition coefficient (Wildman–Crippen LogP) is 5.70. The minimum atomic E-state index is -1.95. The van der Waals surface area contributed by atoms with Crippen LogP contribution in [0.3, 0.4) is 0 Å². The SMILES string of the molecule is C[C@@H](Cn1ccc(-c2ccc(C#N)c(Cl)c2)n1)NC(=O)c1cc([C@@H](C)O[Si](C)(C)C(C)(C)C)[nH]n1. The van der Waals surface area contributed by atoms with Gasteiger partial charge < -0.3 is 9.74 Å². The highest BCUT2D eigenvalue weighted by atomic mass is 35.5. The molecule has 0 fully saturated rings. The molecule has 3 rings (SSSR count). The molecule has 3 aromatic rings. The highest BCUT2D eigenvalue weighted by molar-refractivity contribution is 6.74. The Morgan fingerprint density at radius 3 is 2.63 bits per heavy atom. The first-order valence-electron chi connectivity index (χ1n) is 11.6. The van der Waals surface area contributed by atoms with Crippen LogP contribution < -0.4 is 5.32 Å². The number of carbonyl (C=O) groups excluding carboxylic acids is 1. The molecule has 2 N–H and O–H groups in total. The Bertz CT molecular complexity index is 1240. The summed E-state index contributed by atoms with van der Waals surface area (Å²) in [4.78, 5) is 12.8. The molecule has 0 aliphatic heterocycles. The maximum absolute atomic E-state index is 12.8. The second-order valence-electron chi connectivity index (χ2n) is 10.3. The Kier molecular flexibility index (Phi) is 7.89. The van der Waals surface area contributed by atoms with Crippen LogP contribution in [0.4, 0.5) is 0 Å². The van der Waals surface area contributed by atoms with E-state index in [2.05, 4.69) is 54.5 Å². The molecule has 0 aliphatic carbocycles. The number of hydrogen-bond acceptors (Lipinski definition) is 5. The molecule has 0 bridgehead atoms. The number of hydrogen-bond donors (Lipinski definition) is 2. The summed E-state index contributed by atoms with van der Waals surface area (Å²) in [5, 5.41) is 24.2. The molecule has 35 heavy (non-hydrogen) atoms. The number of nitrogens with one attached hydrogen (secondary N) is 2. The molecule has 1 aromatic carbocycles. The van der Waals surface area contributed by atoms with Crippen molar-refractivity contribution in [3.63, 3.8) is 0 Å². The smallest absolute Gasteiger partial charge is 0.272 e. The number of aromatic amines is 1. The van der Waals surface area contributed by atoms with Crippen molar-refractivity contribution < 1.29 is 9.22 Å². The molecular weight excluding hydrogens is 480 g/mol. The lowest BCUT2D eigenvalue weighted by molar-refractivity contribution is 0.0931. The number of halogens is 1. The van der Waals surface area contributed by atoms with Gasteiger partial charge in [0.2, 0.25) is 0 Å². The molecule has 0 spiro atoms. The molecule has 186 valence electrons. The number of nitrogens with zero attached hydrogens (tertiary/aromatic N) is 4. The van der Waals surface area contributed by atoms with Gasteiger partial charge in [0.25, 0.3) is 5.91 Å². The fourth-order valence-corrected chi connectivity index (χ4v) is 4.94. The van der Waals surface area contributed by atoms with E-state index in [9.17, 15) is 4.79 Å². The van der Waals surface area contributed by atoms with Gasteiger partial charge in [-0.25, -0.2) is 0 Å². The number of aromatic nitrogens is 4. The van der Waals surface area contributed by atoms with Crippen molar-refractivity contribution in [2.75, 3.05) is 0 Å². The first-order valence-corrected chi connectivity index (χ1v) is 14.9. The lowest BCUT2D eigenvalue weighted by Gasteiger charge is -2.38. The maximum atomic E-state index is 12.8. The van der Waals surface area contributed by atoms with Crippen LogP contribution in [0.15, 0.2) is 36.5 Å². The number of H-pyrrole nitrogens is 1. The number of amides is 1. The number of nitriles is 1. The number of rotatable bonds is 8. The zero-order valence-corrected chi connectivity index (χ0v) is 23.1. The zero-order chi connectivity index (χ0) is 26.0. The quantitative estimate of drug-likeness (QED) is 0.376. The van der Waals surface area contributed by atoms with Gasteiger partial charge >= 0.3 is 0 Å². The van der Waals surface area contributed by atoms with Gasteiger partial charge in [-0.15, -0.1) is 0 Å². The Morgan fingerprint density at radius 1 is 1.29 bits per heavy atom.